The summed E-state index contributed by atoms with van der Waals surface area (Å²) in [5.74, 6) is -5.71. The van der Waals surface area contributed by atoms with E-state index in [0.717, 1.165) is 0 Å². The lowest BCUT2D eigenvalue weighted by atomic mass is 10.2. The number of carboxylic acid groups (broad SMARTS) is 2. The van der Waals surface area contributed by atoms with Crippen LogP contribution < -0.4 is 21.7 Å². The van der Waals surface area contributed by atoms with Gasteiger partial charge in [0.15, 0.2) is 0 Å². The molecule has 0 rings (SSSR count). The molecule has 0 aliphatic carbocycles. The number of carboxylic acids is 2. The Morgan fingerprint density at radius 1 is 0.846 bits per heavy atom. The van der Waals surface area contributed by atoms with Crippen LogP contribution in [0.4, 0.5) is 0 Å². The number of nitrogens with one attached hydrogen (secondary N) is 3. The highest BCUT2D eigenvalue weighted by Gasteiger charge is 2.28. The highest BCUT2D eigenvalue weighted by atomic mass is 16.4. The molecule has 13 nitrogen and oxygen atoms in total. The summed E-state index contributed by atoms with van der Waals surface area (Å²) in [5.41, 5.74) is 5.33. The summed E-state index contributed by atoms with van der Waals surface area (Å²) in [6, 6.07) is -5.78. The van der Waals surface area contributed by atoms with E-state index in [4.69, 9.17) is 26.2 Å². The molecule has 4 unspecified atom stereocenters. The predicted octanol–water partition coefficient (Wildman–Crippen LogP) is -4.67. The van der Waals surface area contributed by atoms with Crippen molar-refractivity contribution in [1.29, 1.82) is 0 Å². The van der Waals surface area contributed by atoms with Gasteiger partial charge in [0.05, 0.1) is 25.7 Å². The number of aliphatic hydroxyl groups is 2. The van der Waals surface area contributed by atoms with Gasteiger partial charge in [-0.05, 0) is 6.92 Å². The molecule has 0 radical (unpaired) electrons. The third-order valence-electron chi connectivity index (χ3n) is 3.10. The number of nitrogens with two attached hydrogens (primary N) is 1. The summed E-state index contributed by atoms with van der Waals surface area (Å²) in [5, 5.41) is 41.4. The molecule has 9 N–H and O–H groups in total. The third-order valence-corrected chi connectivity index (χ3v) is 3.10. The van der Waals surface area contributed by atoms with E-state index in [-0.39, 0.29) is 0 Å². The molecule has 4 atom stereocenters. The minimum absolute atomic E-state index is 0.653. The van der Waals surface area contributed by atoms with Crippen molar-refractivity contribution in [3.8, 4) is 0 Å². The minimum atomic E-state index is -1.63. The number of carbonyl (C=O) groups is 5. The summed E-state index contributed by atoms with van der Waals surface area (Å²) in [6.45, 7) is -0.559. The molecule has 0 saturated carbocycles. The monoisotopic (exact) mass is 378 g/mol. The topological polar surface area (TPSA) is 228 Å². The van der Waals surface area contributed by atoms with Gasteiger partial charge in [0.25, 0.3) is 0 Å². The van der Waals surface area contributed by atoms with Crippen molar-refractivity contribution < 1.29 is 44.4 Å². The van der Waals surface area contributed by atoms with Gasteiger partial charge in [0, 0.05) is 0 Å². The zero-order valence-corrected chi connectivity index (χ0v) is 13.8. The van der Waals surface area contributed by atoms with Crippen molar-refractivity contribution in [2.75, 3.05) is 13.2 Å². The molecule has 0 aliphatic rings. The molecule has 0 heterocycles. The minimum Gasteiger partial charge on any atom is -0.481 e. The molecule has 148 valence electrons. The molecule has 0 saturated heterocycles. The predicted molar refractivity (Wildman–Crippen MR) is 83.5 cm³/mol. The Kier molecular flexibility index (Phi) is 9.80. The largest absolute Gasteiger partial charge is 0.481 e. The number of rotatable bonds is 11. The fraction of sp³-hybridized carbons (Fsp3) is 0.615. The first-order chi connectivity index (χ1) is 12.0. The van der Waals surface area contributed by atoms with Gasteiger partial charge in [-0.15, -0.1) is 0 Å². The lowest BCUT2D eigenvalue weighted by molar-refractivity contribution is -0.143. The standard InChI is InChI=1S/C13H22N4O9/c1-5(15-11(23)6(14)2-9(20)21)10(22)16-7(3-18)12(24)17-8(4-19)13(25)26/h5-8,18-19H,2-4,14H2,1H3,(H,15,23)(H,16,22)(H,17,24)(H,20,21)(H,25,26). The second kappa shape index (κ2) is 11.0. The maximum absolute atomic E-state index is 11.9. The number of amides is 3. The van der Waals surface area contributed by atoms with E-state index < -0.39 is 73.5 Å². The summed E-state index contributed by atoms with van der Waals surface area (Å²) in [6.07, 6.45) is -0.653. The number of hydrogen-bond acceptors (Lipinski definition) is 8. The molecule has 0 aromatic rings. The molecule has 0 aromatic carbocycles. The number of hydrogen-bond donors (Lipinski definition) is 8. The molecule has 13 heteroatoms. The van der Waals surface area contributed by atoms with Crippen LogP contribution in [0, 0.1) is 0 Å². The second-order valence-corrected chi connectivity index (χ2v) is 5.26. The van der Waals surface area contributed by atoms with E-state index in [9.17, 15) is 24.0 Å². The Hall–Kier alpha value is -2.77. The van der Waals surface area contributed by atoms with Gasteiger partial charge in [-0.1, -0.05) is 0 Å². The lowest BCUT2D eigenvalue weighted by Gasteiger charge is -2.21. The quantitative estimate of drug-likeness (QED) is 0.171. The first kappa shape index (κ1) is 23.2. The van der Waals surface area contributed by atoms with Crippen molar-refractivity contribution in [3.05, 3.63) is 0 Å². The first-order valence-corrected chi connectivity index (χ1v) is 7.36. The SMILES string of the molecule is CC(NC(=O)C(N)CC(=O)O)C(=O)NC(CO)C(=O)NC(CO)C(=O)O. The molecular weight excluding hydrogens is 356 g/mol. The van der Waals surface area contributed by atoms with Gasteiger partial charge >= 0.3 is 11.9 Å². The molecular formula is C13H22N4O9. The van der Waals surface area contributed by atoms with Crippen LogP contribution in [0.25, 0.3) is 0 Å². The highest BCUT2D eigenvalue weighted by Crippen LogP contribution is 1.94. The van der Waals surface area contributed by atoms with Gasteiger partial charge in [-0.2, -0.15) is 0 Å². The molecule has 3 amide bonds. The van der Waals surface area contributed by atoms with Crippen LogP contribution in [0.3, 0.4) is 0 Å². The van der Waals surface area contributed by atoms with Crippen LogP contribution in [0.1, 0.15) is 13.3 Å². The third kappa shape index (κ3) is 7.87. The van der Waals surface area contributed by atoms with Gasteiger partial charge in [-0.25, -0.2) is 4.79 Å². The van der Waals surface area contributed by atoms with Crippen LogP contribution in [0.15, 0.2) is 0 Å². The maximum Gasteiger partial charge on any atom is 0.328 e. The normalized spacial score (nSPS) is 15.1. The smallest absolute Gasteiger partial charge is 0.328 e. The Labute approximate surface area is 147 Å². The van der Waals surface area contributed by atoms with E-state index >= 15 is 0 Å². The average Bonchev–Trinajstić information content (AvgIpc) is 2.55. The Morgan fingerprint density at radius 3 is 1.77 bits per heavy atom. The zero-order valence-electron chi connectivity index (χ0n) is 13.8. The Bertz CT molecular complexity index is 554. The average molecular weight is 378 g/mol. The van der Waals surface area contributed by atoms with Crippen LogP contribution in [0.2, 0.25) is 0 Å². The number of aliphatic hydroxyl groups excluding tert-OH is 2. The molecule has 0 bridgehead atoms. The van der Waals surface area contributed by atoms with Crippen LogP contribution in [-0.4, -0.2) is 87.5 Å². The summed E-state index contributed by atoms with van der Waals surface area (Å²) < 4.78 is 0. The highest BCUT2D eigenvalue weighted by molar-refractivity contribution is 5.94. The van der Waals surface area contributed by atoms with E-state index in [1.807, 2.05) is 5.32 Å². The zero-order chi connectivity index (χ0) is 20.4. The van der Waals surface area contributed by atoms with Crippen LogP contribution >= 0.6 is 0 Å². The summed E-state index contributed by atoms with van der Waals surface area (Å²) in [4.78, 5) is 56.6. The van der Waals surface area contributed by atoms with E-state index in [0.29, 0.717) is 0 Å². The van der Waals surface area contributed by atoms with Crippen molar-refractivity contribution in [2.24, 2.45) is 5.73 Å². The lowest BCUT2D eigenvalue weighted by Crippen LogP contribution is -2.57. The van der Waals surface area contributed by atoms with Gasteiger partial charge in [0.1, 0.15) is 18.1 Å². The van der Waals surface area contributed by atoms with E-state index in [1.165, 1.54) is 6.92 Å². The first-order valence-electron chi connectivity index (χ1n) is 7.36. The second-order valence-electron chi connectivity index (χ2n) is 5.26. The van der Waals surface area contributed by atoms with Gasteiger partial charge < -0.3 is 42.1 Å². The van der Waals surface area contributed by atoms with Crippen LogP contribution in [-0.2, 0) is 24.0 Å². The van der Waals surface area contributed by atoms with Crippen molar-refractivity contribution in [3.63, 3.8) is 0 Å². The summed E-state index contributed by atoms with van der Waals surface area (Å²) in [7, 11) is 0. The van der Waals surface area contributed by atoms with Gasteiger partial charge in [0.2, 0.25) is 17.7 Å². The summed E-state index contributed by atoms with van der Waals surface area (Å²) >= 11 is 0. The number of aliphatic carboxylic acids is 2. The van der Waals surface area contributed by atoms with E-state index in [2.05, 4.69) is 10.6 Å². The fourth-order valence-electron chi connectivity index (χ4n) is 1.62. The fourth-order valence-corrected chi connectivity index (χ4v) is 1.62. The Morgan fingerprint density at radius 2 is 1.35 bits per heavy atom. The number of carbonyl (C=O) groups excluding carboxylic acids is 3. The van der Waals surface area contributed by atoms with Gasteiger partial charge in [-0.3, -0.25) is 19.2 Å². The van der Waals surface area contributed by atoms with Crippen LogP contribution in [0.5, 0.6) is 0 Å². The van der Waals surface area contributed by atoms with Crippen molar-refractivity contribution in [1.82, 2.24) is 16.0 Å². The van der Waals surface area contributed by atoms with Crippen molar-refractivity contribution in [2.45, 2.75) is 37.5 Å². The molecule has 0 aromatic heterocycles. The van der Waals surface area contributed by atoms with E-state index in [1.54, 1.807) is 0 Å². The molecule has 0 fully saturated rings. The molecule has 0 spiro atoms. The Balaban J connectivity index is 4.73. The molecule has 26 heavy (non-hydrogen) atoms. The maximum atomic E-state index is 11.9. The molecule has 0 aliphatic heterocycles. The van der Waals surface area contributed by atoms with Crippen molar-refractivity contribution >= 4 is 29.7 Å².